The average molecular weight is 618 g/mol. The summed E-state index contributed by atoms with van der Waals surface area (Å²) in [6.45, 7) is 3.91. The third-order valence-corrected chi connectivity index (χ3v) is 7.99. The summed E-state index contributed by atoms with van der Waals surface area (Å²) in [7, 11) is 0. The van der Waals surface area contributed by atoms with Crippen molar-refractivity contribution < 1.29 is 24.3 Å². The van der Waals surface area contributed by atoms with Crippen LogP contribution < -0.4 is 27.4 Å². The lowest BCUT2D eigenvalue weighted by atomic mass is 9.99. The zero-order valence-electron chi connectivity index (χ0n) is 25.6. The van der Waals surface area contributed by atoms with Gasteiger partial charge in [0.1, 0.15) is 18.1 Å². The molecule has 2 aromatic heterocycles. The fourth-order valence-electron chi connectivity index (χ4n) is 5.44. The fraction of sp³-hybridized carbons (Fsp3) is 0.394. The minimum atomic E-state index is -1.16. The number of hydrogen-bond donors (Lipinski definition) is 8. The second kappa shape index (κ2) is 15.4. The van der Waals surface area contributed by atoms with Gasteiger partial charge >= 0.3 is 5.97 Å². The average Bonchev–Trinajstić information content (AvgIpc) is 3.62. The lowest BCUT2D eigenvalue weighted by molar-refractivity contribution is -0.142. The van der Waals surface area contributed by atoms with E-state index in [4.69, 9.17) is 11.5 Å². The molecule has 4 rings (SSSR count). The number of H-pyrrole nitrogens is 2. The van der Waals surface area contributed by atoms with Gasteiger partial charge in [0, 0.05) is 40.6 Å². The molecule has 12 nitrogen and oxygen atoms in total. The van der Waals surface area contributed by atoms with Crippen molar-refractivity contribution in [2.75, 3.05) is 6.54 Å². The number of aliphatic carboxylic acids is 1. The highest BCUT2D eigenvalue weighted by molar-refractivity contribution is 5.95. The van der Waals surface area contributed by atoms with Crippen molar-refractivity contribution in [3.8, 4) is 0 Å². The molecule has 4 unspecified atom stereocenters. The Morgan fingerprint density at radius 2 is 1.31 bits per heavy atom. The molecule has 0 saturated carbocycles. The summed E-state index contributed by atoms with van der Waals surface area (Å²) in [5, 5.41) is 19.6. The van der Waals surface area contributed by atoms with Crippen LogP contribution in [0, 0.1) is 5.92 Å². The first-order valence-electron chi connectivity index (χ1n) is 15.3. The minimum Gasteiger partial charge on any atom is -0.480 e. The Bertz CT molecular complexity index is 1630. The summed E-state index contributed by atoms with van der Waals surface area (Å²) in [6.07, 6.45) is 5.35. The Hall–Kier alpha value is -4.68. The first kappa shape index (κ1) is 33.2. The molecule has 12 heteroatoms. The van der Waals surface area contributed by atoms with E-state index in [1.54, 1.807) is 20.0 Å². The number of carbonyl (C=O) groups excluding carboxylic acids is 3. The number of hydrogen-bond acceptors (Lipinski definition) is 6. The number of aromatic nitrogens is 2. The van der Waals surface area contributed by atoms with Gasteiger partial charge in [-0.2, -0.15) is 0 Å². The molecule has 0 bridgehead atoms. The van der Waals surface area contributed by atoms with E-state index in [1.807, 2.05) is 54.7 Å². The summed E-state index contributed by atoms with van der Waals surface area (Å²) >= 11 is 0. The van der Waals surface area contributed by atoms with E-state index in [1.165, 1.54) is 0 Å². The quantitative estimate of drug-likeness (QED) is 0.0877. The van der Waals surface area contributed by atoms with Gasteiger partial charge in [0.05, 0.1) is 6.04 Å². The lowest BCUT2D eigenvalue weighted by Crippen LogP contribution is -2.59. The summed E-state index contributed by atoms with van der Waals surface area (Å²) in [5.74, 6) is -3.26. The van der Waals surface area contributed by atoms with Crippen molar-refractivity contribution in [2.45, 2.75) is 70.1 Å². The molecule has 2 heterocycles. The van der Waals surface area contributed by atoms with E-state index < -0.39 is 47.9 Å². The van der Waals surface area contributed by atoms with Gasteiger partial charge in [-0.3, -0.25) is 14.4 Å². The summed E-state index contributed by atoms with van der Waals surface area (Å²) in [4.78, 5) is 58.7. The first-order chi connectivity index (χ1) is 21.6. The number of amides is 3. The highest BCUT2D eigenvalue weighted by Gasteiger charge is 2.32. The first-order valence-corrected chi connectivity index (χ1v) is 15.3. The van der Waals surface area contributed by atoms with Crippen LogP contribution in [-0.2, 0) is 32.0 Å². The molecule has 240 valence electrons. The van der Waals surface area contributed by atoms with E-state index in [2.05, 4.69) is 25.9 Å². The molecule has 0 spiro atoms. The smallest absolute Gasteiger partial charge is 0.326 e. The van der Waals surface area contributed by atoms with Gasteiger partial charge in [0.2, 0.25) is 17.7 Å². The Labute approximate surface area is 261 Å². The van der Waals surface area contributed by atoms with Crippen molar-refractivity contribution >= 4 is 45.5 Å². The minimum absolute atomic E-state index is 0.130. The van der Waals surface area contributed by atoms with Crippen LogP contribution in [0.3, 0.4) is 0 Å². The number of para-hydroxylation sites is 2. The highest BCUT2D eigenvalue weighted by atomic mass is 16.4. The largest absolute Gasteiger partial charge is 0.480 e. The Kier molecular flexibility index (Phi) is 11.3. The predicted molar refractivity (Wildman–Crippen MR) is 173 cm³/mol. The lowest BCUT2D eigenvalue weighted by Gasteiger charge is -2.27. The summed E-state index contributed by atoms with van der Waals surface area (Å²) in [6, 6.07) is 11.1. The van der Waals surface area contributed by atoms with Gasteiger partial charge in [-0.25, -0.2) is 4.79 Å². The maximum Gasteiger partial charge on any atom is 0.326 e. The molecule has 45 heavy (non-hydrogen) atoms. The molecule has 0 aliphatic heterocycles. The normalized spacial score (nSPS) is 14.2. The molecular formula is C33H43N7O5. The van der Waals surface area contributed by atoms with Gasteiger partial charge in [0.15, 0.2) is 0 Å². The molecule has 0 saturated heterocycles. The number of aromatic amines is 2. The van der Waals surface area contributed by atoms with Crippen molar-refractivity contribution in [1.82, 2.24) is 25.9 Å². The molecule has 0 aliphatic carbocycles. The van der Waals surface area contributed by atoms with Gasteiger partial charge in [-0.15, -0.1) is 0 Å². The maximum atomic E-state index is 13.8. The molecule has 2 aromatic carbocycles. The van der Waals surface area contributed by atoms with Crippen LogP contribution in [0.2, 0.25) is 0 Å². The van der Waals surface area contributed by atoms with Crippen LogP contribution in [0.15, 0.2) is 60.9 Å². The van der Waals surface area contributed by atoms with Crippen LogP contribution in [0.1, 0.15) is 44.2 Å². The van der Waals surface area contributed by atoms with Crippen molar-refractivity contribution in [3.63, 3.8) is 0 Å². The van der Waals surface area contributed by atoms with Crippen molar-refractivity contribution in [1.29, 1.82) is 0 Å². The van der Waals surface area contributed by atoms with E-state index >= 15 is 0 Å². The maximum absolute atomic E-state index is 13.8. The number of carboxylic acid groups (broad SMARTS) is 1. The van der Waals surface area contributed by atoms with Crippen LogP contribution in [0.25, 0.3) is 21.8 Å². The van der Waals surface area contributed by atoms with Gasteiger partial charge in [0.25, 0.3) is 0 Å². The fourth-order valence-corrected chi connectivity index (χ4v) is 5.44. The third kappa shape index (κ3) is 8.49. The molecular weight excluding hydrogens is 574 g/mol. The standard InChI is InChI=1S/C33H43N7O5/c1-19(2)29(32(43)38-27(33(44)45)13-7-8-14-34)40-31(42)28(16-21-18-37-26-12-6-4-10-23(21)26)39-30(41)24(35)15-20-17-36-25-11-5-3-9-22(20)25/h3-6,9-12,17-19,24,27-29,36-37H,7-8,13-16,34-35H2,1-2H3,(H,38,43)(H,39,41)(H,40,42)(H,44,45). The number of rotatable bonds is 16. The summed E-state index contributed by atoms with van der Waals surface area (Å²) < 4.78 is 0. The monoisotopic (exact) mass is 617 g/mol. The number of carbonyl (C=O) groups is 4. The number of unbranched alkanes of at least 4 members (excludes halogenated alkanes) is 1. The molecule has 10 N–H and O–H groups in total. The summed E-state index contributed by atoms with van der Waals surface area (Å²) in [5.41, 5.74) is 15.4. The third-order valence-electron chi connectivity index (χ3n) is 7.99. The van der Waals surface area contributed by atoms with Gasteiger partial charge in [-0.05, 0) is 61.4 Å². The topological polar surface area (TPSA) is 208 Å². The van der Waals surface area contributed by atoms with E-state index in [-0.39, 0.29) is 25.2 Å². The molecule has 4 aromatic rings. The van der Waals surface area contributed by atoms with Crippen LogP contribution in [-0.4, -0.2) is 69.5 Å². The number of carboxylic acids is 1. The Balaban J connectivity index is 1.52. The second-order valence-corrected chi connectivity index (χ2v) is 11.7. The highest BCUT2D eigenvalue weighted by Crippen LogP contribution is 2.21. The van der Waals surface area contributed by atoms with Crippen LogP contribution in [0.4, 0.5) is 0 Å². The van der Waals surface area contributed by atoms with E-state index in [0.717, 1.165) is 32.9 Å². The van der Waals surface area contributed by atoms with E-state index in [0.29, 0.717) is 19.4 Å². The number of nitrogens with one attached hydrogen (secondary N) is 5. The van der Waals surface area contributed by atoms with Crippen LogP contribution >= 0.6 is 0 Å². The Morgan fingerprint density at radius 1 is 0.756 bits per heavy atom. The molecule has 0 fully saturated rings. The zero-order chi connectivity index (χ0) is 32.5. The van der Waals surface area contributed by atoms with Crippen molar-refractivity contribution in [2.24, 2.45) is 17.4 Å². The second-order valence-electron chi connectivity index (χ2n) is 11.7. The SMILES string of the molecule is CC(C)C(NC(=O)C(Cc1c[nH]c2ccccc12)NC(=O)C(N)Cc1c[nH]c2ccccc12)C(=O)NC(CCCCN)C(=O)O. The van der Waals surface area contributed by atoms with Crippen molar-refractivity contribution in [3.05, 3.63) is 72.1 Å². The molecule has 3 amide bonds. The van der Waals surface area contributed by atoms with Gasteiger partial charge < -0.3 is 42.5 Å². The van der Waals surface area contributed by atoms with E-state index in [9.17, 15) is 24.3 Å². The molecule has 0 aliphatic rings. The Morgan fingerprint density at radius 3 is 1.87 bits per heavy atom. The molecule has 0 radical (unpaired) electrons. The predicted octanol–water partition coefficient (Wildman–Crippen LogP) is 2.09. The molecule has 4 atom stereocenters. The number of fused-ring (bicyclic) bond motifs is 2. The zero-order valence-corrected chi connectivity index (χ0v) is 25.6. The number of benzene rings is 2. The van der Waals surface area contributed by atoms with Gasteiger partial charge in [-0.1, -0.05) is 50.2 Å². The van der Waals surface area contributed by atoms with Crippen LogP contribution in [0.5, 0.6) is 0 Å². The number of nitrogens with two attached hydrogens (primary N) is 2.